The van der Waals surface area contributed by atoms with Crippen molar-refractivity contribution in [2.24, 2.45) is 0 Å². The van der Waals surface area contributed by atoms with E-state index in [0.29, 0.717) is 12.2 Å². The lowest BCUT2D eigenvalue weighted by Crippen LogP contribution is -2.05. The van der Waals surface area contributed by atoms with E-state index in [0.717, 1.165) is 6.42 Å². The summed E-state index contributed by atoms with van der Waals surface area (Å²) in [6.45, 7) is 0.716. The van der Waals surface area contributed by atoms with Crippen molar-refractivity contribution in [3.05, 3.63) is 64.2 Å². The van der Waals surface area contributed by atoms with Crippen LogP contribution in [0.1, 0.15) is 5.56 Å². The van der Waals surface area contributed by atoms with Gasteiger partial charge in [-0.25, -0.2) is 0 Å². The Kier molecular flexibility index (Phi) is 4.55. The molecule has 0 aliphatic rings. The number of nitro groups is 1. The third kappa shape index (κ3) is 3.47. The fourth-order valence-corrected chi connectivity index (χ4v) is 1.94. The average Bonchev–Trinajstić information content (AvgIpc) is 2.48. The second-order valence-corrected chi connectivity index (χ2v) is 4.31. The minimum atomic E-state index is -0.443. The molecule has 0 amide bonds. The number of anilines is 1. The molecule has 0 spiro atoms. The summed E-state index contributed by atoms with van der Waals surface area (Å²) in [5.41, 5.74) is 1.91. The first-order valence-electron chi connectivity index (χ1n) is 6.31. The lowest BCUT2D eigenvalue weighted by molar-refractivity contribution is -0.385. The van der Waals surface area contributed by atoms with Crippen molar-refractivity contribution >= 4 is 11.4 Å². The Morgan fingerprint density at radius 1 is 1.20 bits per heavy atom. The van der Waals surface area contributed by atoms with E-state index < -0.39 is 4.92 Å². The van der Waals surface area contributed by atoms with E-state index in [-0.39, 0.29) is 11.4 Å². The lowest BCUT2D eigenvalue weighted by Gasteiger charge is -2.08. The molecule has 2 aromatic carbocycles. The third-order valence-electron chi connectivity index (χ3n) is 2.96. The first-order valence-corrected chi connectivity index (χ1v) is 6.31. The molecule has 2 aromatic rings. The highest BCUT2D eigenvalue weighted by Gasteiger charge is 2.14. The van der Waals surface area contributed by atoms with Crippen molar-refractivity contribution in [3.8, 4) is 5.75 Å². The fraction of sp³-hybridized carbons (Fsp3) is 0.200. The second-order valence-electron chi connectivity index (χ2n) is 4.31. The van der Waals surface area contributed by atoms with Crippen LogP contribution >= 0.6 is 0 Å². The number of rotatable bonds is 6. The molecule has 0 radical (unpaired) electrons. The van der Waals surface area contributed by atoms with Crippen molar-refractivity contribution in [1.82, 2.24) is 0 Å². The van der Waals surface area contributed by atoms with Gasteiger partial charge in [0.2, 0.25) is 0 Å². The van der Waals surface area contributed by atoms with Gasteiger partial charge in [-0.1, -0.05) is 30.3 Å². The molecule has 2 rings (SSSR count). The van der Waals surface area contributed by atoms with E-state index in [2.05, 4.69) is 17.4 Å². The van der Waals surface area contributed by atoms with E-state index in [4.69, 9.17) is 4.74 Å². The largest absolute Gasteiger partial charge is 0.490 e. The Bertz CT molecular complexity index is 585. The molecule has 0 heterocycles. The van der Waals surface area contributed by atoms with Gasteiger partial charge in [-0.3, -0.25) is 10.1 Å². The zero-order chi connectivity index (χ0) is 14.4. The van der Waals surface area contributed by atoms with Crippen LogP contribution in [-0.2, 0) is 6.42 Å². The van der Waals surface area contributed by atoms with Gasteiger partial charge in [0.1, 0.15) is 0 Å². The van der Waals surface area contributed by atoms with Crippen LogP contribution < -0.4 is 10.1 Å². The summed E-state index contributed by atoms with van der Waals surface area (Å²) < 4.78 is 4.97. The van der Waals surface area contributed by atoms with Gasteiger partial charge in [0, 0.05) is 18.3 Å². The number of hydrogen-bond donors (Lipinski definition) is 1. The van der Waals surface area contributed by atoms with Crippen LogP contribution in [0.2, 0.25) is 0 Å². The minimum absolute atomic E-state index is 0.0304. The molecule has 0 aliphatic heterocycles. The Morgan fingerprint density at radius 3 is 2.60 bits per heavy atom. The number of methoxy groups -OCH3 is 1. The molecular formula is C15H16N2O3. The van der Waals surface area contributed by atoms with Crippen molar-refractivity contribution in [2.75, 3.05) is 19.0 Å². The van der Waals surface area contributed by atoms with Gasteiger partial charge in [0.25, 0.3) is 0 Å². The number of nitrogens with zero attached hydrogens (tertiary/aromatic N) is 1. The summed E-state index contributed by atoms with van der Waals surface area (Å²) in [6, 6.07) is 14.9. The van der Waals surface area contributed by atoms with Crippen LogP contribution in [0.15, 0.2) is 48.5 Å². The van der Waals surface area contributed by atoms with Crippen molar-refractivity contribution in [3.63, 3.8) is 0 Å². The zero-order valence-electron chi connectivity index (χ0n) is 11.2. The molecule has 0 aliphatic carbocycles. The zero-order valence-corrected chi connectivity index (χ0v) is 11.2. The molecule has 5 heteroatoms. The van der Waals surface area contributed by atoms with Gasteiger partial charge in [-0.05, 0) is 24.1 Å². The molecule has 0 fully saturated rings. The van der Waals surface area contributed by atoms with E-state index >= 15 is 0 Å². The highest BCUT2D eigenvalue weighted by Crippen LogP contribution is 2.29. The summed E-state index contributed by atoms with van der Waals surface area (Å²) in [6.07, 6.45) is 0.862. The highest BCUT2D eigenvalue weighted by atomic mass is 16.6. The van der Waals surface area contributed by atoms with Crippen LogP contribution in [-0.4, -0.2) is 18.6 Å². The van der Waals surface area contributed by atoms with Gasteiger partial charge in [-0.15, -0.1) is 0 Å². The molecule has 1 N–H and O–H groups in total. The standard InChI is InChI=1S/C15H16N2O3/c1-20-15-8-7-13(11-14(15)17(18)19)16-10-9-12-5-3-2-4-6-12/h2-8,11,16H,9-10H2,1H3. The average molecular weight is 272 g/mol. The molecule has 20 heavy (non-hydrogen) atoms. The predicted molar refractivity (Wildman–Crippen MR) is 78.3 cm³/mol. The van der Waals surface area contributed by atoms with Gasteiger partial charge in [0.05, 0.1) is 12.0 Å². The van der Waals surface area contributed by atoms with Crippen molar-refractivity contribution in [2.45, 2.75) is 6.42 Å². The Hall–Kier alpha value is -2.56. The summed E-state index contributed by atoms with van der Waals surface area (Å²) in [5.74, 6) is 0.267. The monoisotopic (exact) mass is 272 g/mol. The Morgan fingerprint density at radius 2 is 1.95 bits per heavy atom. The number of nitro benzene ring substituents is 1. The summed E-state index contributed by atoms with van der Waals surface area (Å²) in [7, 11) is 1.42. The minimum Gasteiger partial charge on any atom is -0.490 e. The van der Waals surface area contributed by atoms with Crippen LogP contribution in [0.4, 0.5) is 11.4 Å². The first kappa shape index (κ1) is 13.9. The Balaban J connectivity index is 1.99. The molecule has 0 aromatic heterocycles. The normalized spacial score (nSPS) is 10.1. The van der Waals surface area contributed by atoms with Crippen LogP contribution in [0.25, 0.3) is 0 Å². The van der Waals surface area contributed by atoms with E-state index in [1.54, 1.807) is 12.1 Å². The fourth-order valence-electron chi connectivity index (χ4n) is 1.94. The summed E-state index contributed by atoms with van der Waals surface area (Å²) in [4.78, 5) is 10.5. The van der Waals surface area contributed by atoms with E-state index in [1.165, 1.54) is 18.7 Å². The Labute approximate surface area is 117 Å². The smallest absolute Gasteiger partial charge is 0.312 e. The number of nitrogens with one attached hydrogen (secondary N) is 1. The van der Waals surface area contributed by atoms with Gasteiger partial charge < -0.3 is 10.1 Å². The van der Waals surface area contributed by atoms with Gasteiger partial charge in [-0.2, -0.15) is 0 Å². The quantitative estimate of drug-likeness (QED) is 0.647. The summed E-state index contributed by atoms with van der Waals surface area (Å²) >= 11 is 0. The SMILES string of the molecule is COc1ccc(NCCc2ccccc2)cc1[N+](=O)[O-]. The van der Waals surface area contributed by atoms with Gasteiger partial charge in [0.15, 0.2) is 5.75 Å². The molecule has 104 valence electrons. The topological polar surface area (TPSA) is 64.4 Å². The second kappa shape index (κ2) is 6.56. The number of hydrogen-bond acceptors (Lipinski definition) is 4. The van der Waals surface area contributed by atoms with Crippen LogP contribution in [0.5, 0.6) is 5.75 Å². The maximum absolute atomic E-state index is 10.9. The first-order chi connectivity index (χ1) is 9.70. The maximum atomic E-state index is 10.9. The molecule has 0 unspecified atom stereocenters. The van der Waals surface area contributed by atoms with Crippen molar-refractivity contribution in [1.29, 1.82) is 0 Å². The molecule has 0 saturated carbocycles. The molecule has 0 atom stereocenters. The summed E-state index contributed by atoms with van der Waals surface area (Å²) in [5, 5.41) is 14.1. The maximum Gasteiger partial charge on any atom is 0.312 e. The van der Waals surface area contributed by atoms with Crippen LogP contribution in [0, 0.1) is 10.1 Å². The molecule has 0 bridgehead atoms. The molecule has 0 saturated heterocycles. The van der Waals surface area contributed by atoms with Gasteiger partial charge >= 0.3 is 5.69 Å². The predicted octanol–water partition coefficient (Wildman–Crippen LogP) is 3.26. The van der Waals surface area contributed by atoms with E-state index in [9.17, 15) is 10.1 Å². The van der Waals surface area contributed by atoms with Crippen LogP contribution in [0.3, 0.4) is 0 Å². The lowest BCUT2D eigenvalue weighted by atomic mass is 10.1. The number of benzene rings is 2. The van der Waals surface area contributed by atoms with E-state index in [1.807, 2.05) is 18.2 Å². The molecular weight excluding hydrogens is 256 g/mol. The molecule has 5 nitrogen and oxygen atoms in total. The highest BCUT2D eigenvalue weighted by molar-refractivity contribution is 5.58. The van der Waals surface area contributed by atoms with Crippen molar-refractivity contribution < 1.29 is 9.66 Å². The number of ether oxygens (including phenoxy) is 1. The third-order valence-corrected chi connectivity index (χ3v) is 2.96.